The zero-order valence-corrected chi connectivity index (χ0v) is 11.4. The van der Waals surface area contributed by atoms with Crippen LogP contribution < -0.4 is 5.69 Å². The van der Waals surface area contributed by atoms with E-state index < -0.39 is 0 Å². The Morgan fingerprint density at radius 1 is 1.44 bits per heavy atom. The Hall–Kier alpha value is -1.65. The van der Waals surface area contributed by atoms with Gasteiger partial charge in [0.25, 0.3) is 0 Å². The first-order valence-corrected chi connectivity index (χ1v) is 7.08. The van der Waals surface area contributed by atoms with E-state index in [0.717, 1.165) is 9.79 Å². The summed E-state index contributed by atoms with van der Waals surface area (Å²) in [6.45, 7) is 0. The van der Waals surface area contributed by atoms with Crippen LogP contribution in [0.2, 0.25) is 0 Å². The Labute approximate surface area is 112 Å². The van der Waals surface area contributed by atoms with Gasteiger partial charge in [-0.15, -0.1) is 16.9 Å². The molecule has 0 amide bonds. The number of hydrogen-bond acceptors (Lipinski definition) is 5. The zero-order chi connectivity index (χ0) is 13.1. The average Bonchev–Trinajstić information content (AvgIpc) is 2.70. The minimum absolute atomic E-state index is 0.267. The zero-order valence-electron chi connectivity index (χ0n) is 9.80. The van der Waals surface area contributed by atoms with E-state index in [9.17, 15) is 10.1 Å². The molecule has 5 nitrogen and oxygen atoms in total. The first kappa shape index (κ1) is 12.8. The van der Waals surface area contributed by atoms with Crippen LogP contribution in [-0.4, -0.2) is 21.0 Å². The van der Waals surface area contributed by atoms with Gasteiger partial charge in [-0.3, -0.25) is 4.57 Å². The van der Waals surface area contributed by atoms with Crippen molar-refractivity contribution in [2.75, 3.05) is 6.26 Å². The summed E-state index contributed by atoms with van der Waals surface area (Å²) in [7, 11) is 1.64. The monoisotopic (exact) mass is 278 g/mol. The summed E-state index contributed by atoms with van der Waals surface area (Å²) in [6.07, 6.45) is 1.93. The van der Waals surface area contributed by atoms with Crippen molar-refractivity contribution >= 4 is 23.5 Å². The molecule has 0 radical (unpaired) electrons. The number of nitriles is 1. The van der Waals surface area contributed by atoms with Gasteiger partial charge >= 0.3 is 5.69 Å². The smallest absolute Gasteiger partial charge is 0.273 e. The molecule has 1 aromatic carbocycles. The van der Waals surface area contributed by atoms with Crippen LogP contribution in [0.4, 0.5) is 0 Å². The standard InChI is InChI=1S/C11H10N4OS2/c1-15-10(16)13-14-11(15)18-9-5-3-4-8(17-2)7(9)6-12/h3-5H,1-2H3,(H,13,16). The summed E-state index contributed by atoms with van der Waals surface area (Å²) in [5.41, 5.74) is 0.350. The molecule has 92 valence electrons. The van der Waals surface area contributed by atoms with E-state index in [1.807, 2.05) is 24.5 Å². The van der Waals surface area contributed by atoms with E-state index in [1.165, 1.54) is 28.1 Å². The van der Waals surface area contributed by atoms with Crippen LogP contribution in [0.25, 0.3) is 0 Å². The van der Waals surface area contributed by atoms with Crippen LogP contribution >= 0.6 is 23.5 Å². The molecular weight excluding hydrogens is 268 g/mol. The van der Waals surface area contributed by atoms with E-state index in [1.54, 1.807) is 7.05 Å². The van der Waals surface area contributed by atoms with Gasteiger partial charge in [0.2, 0.25) is 0 Å². The fourth-order valence-electron chi connectivity index (χ4n) is 1.40. The van der Waals surface area contributed by atoms with Gasteiger partial charge in [0.1, 0.15) is 6.07 Å². The second-order valence-corrected chi connectivity index (χ2v) is 5.27. The lowest BCUT2D eigenvalue weighted by Gasteiger charge is -2.06. The summed E-state index contributed by atoms with van der Waals surface area (Å²) < 4.78 is 1.41. The molecule has 0 unspecified atom stereocenters. The highest BCUT2D eigenvalue weighted by Gasteiger charge is 2.12. The van der Waals surface area contributed by atoms with Crippen LogP contribution in [0.15, 0.2) is 37.9 Å². The lowest BCUT2D eigenvalue weighted by Crippen LogP contribution is -2.12. The van der Waals surface area contributed by atoms with Crippen LogP contribution in [0.3, 0.4) is 0 Å². The first-order valence-electron chi connectivity index (χ1n) is 5.03. The number of nitrogens with zero attached hydrogens (tertiary/aromatic N) is 3. The topological polar surface area (TPSA) is 74.5 Å². The van der Waals surface area contributed by atoms with Gasteiger partial charge in [0.05, 0.1) is 5.56 Å². The van der Waals surface area contributed by atoms with Crippen LogP contribution in [0, 0.1) is 11.3 Å². The Morgan fingerprint density at radius 3 is 2.72 bits per heavy atom. The summed E-state index contributed by atoms with van der Waals surface area (Å²) in [5, 5.41) is 16.0. The van der Waals surface area contributed by atoms with Gasteiger partial charge in [0, 0.05) is 16.8 Å². The Bertz CT molecular complexity index is 668. The molecule has 0 bridgehead atoms. The molecule has 2 aromatic rings. The second-order valence-electron chi connectivity index (χ2n) is 3.42. The maximum Gasteiger partial charge on any atom is 0.343 e. The maximum absolute atomic E-state index is 11.3. The van der Waals surface area contributed by atoms with Crippen molar-refractivity contribution in [3.63, 3.8) is 0 Å². The third-order valence-electron chi connectivity index (χ3n) is 2.36. The lowest BCUT2D eigenvalue weighted by atomic mass is 10.2. The normalized spacial score (nSPS) is 10.3. The van der Waals surface area contributed by atoms with Crippen LogP contribution in [-0.2, 0) is 7.05 Å². The third kappa shape index (κ3) is 2.30. The quantitative estimate of drug-likeness (QED) is 0.867. The number of thioether (sulfide) groups is 1. The molecule has 0 aliphatic carbocycles. The van der Waals surface area contributed by atoms with Crippen molar-refractivity contribution in [1.29, 1.82) is 5.26 Å². The highest BCUT2D eigenvalue weighted by atomic mass is 32.2. The van der Waals surface area contributed by atoms with E-state index in [-0.39, 0.29) is 5.69 Å². The van der Waals surface area contributed by atoms with Gasteiger partial charge in [-0.1, -0.05) is 6.07 Å². The fraction of sp³-hybridized carbons (Fsp3) is 0.182. The van der Waals surface area contributed by atoms with Gasteiger partial charge in [0.15, 0.2) is 5.16 Å². The van der Waals surface area contributed by atoms with Gasteiger partial charge in [-0.05, 0) is 30.2 Å². The predicted octanol–water partition coefficient (Wildman–Crippen LogP) is 1.85. The number of hydrogen-bond donors (Lipinski definition) is 1. The first-order chi connectivity index (χ1) is 8.67. The van der Waals surface area contributed by atoms with Gasteiger partial charge in [-0.25, -0.2) is 9.89 Å². The van der Waals surface area contributed by atoms with Crippen LogP contribution in [0.5, 0.6) is 0 Å². The second kappa shape index (κ2) is 5.33. The summed E-state index contributed by atoms with van der Waals surface area (Å²) >= 11 is 2.82. The number of aromatic amines is 1. The molecule has 18 heavy (non-hydrogen) atoms. The van der Waals surface area contributed by atoms with Crippen molar-refractivity contribution in [1.82, 2.24) is 14.8 Å². The number of H-pyrrole nitrogens is 1. The van der Waals surface area contributed by atoms with E-state index in [4.69, 9.17) is 0 Å². The number of benzene rings is 1. The SMILES string of the molecule is CSc1cccc(Sc2n[nH]c(=O)n2C)c1C#N. The summed E-state index contributed by atoms with van der Waals surface area (Å²) in [6, 6.07) is 7.83. The lowest BCUT2D eigenvalue weighted by molar-refractivity contribution is 0.766. The Balaban J connectivity index is 2.44. The van der Waals surface area contributed by atoms with Crippen molar-refractivity contribution < 1.29 is 0 Å². The number of aromatic nitrogens is 3. The molecule has 7 heteroatoms. The highest BCUT2D eigenvalue weighted by Crippen LogP contribution is 2.32. The molecule has 0 aliphatic rings. The molecule has 0 atom stereocenters. The van der Waals surface area contributed by atoms with Gasteiger partial charge < -0.3 is 0 Å². The van der Waals surface area contributed by atoms with E-state index >= 15 is 0 Å². The minimum Gasteiger partial charge on any atom is -0.273 e. The molecule has 1 N–H and O–H groups in total. The molecule has 0 saturated carbocycles. The molecule has 0 saturated heterocycles. The average molecular weight is 278 g/mol. The molecule has 0 fully saturated rings. The van der Waals surface area contributed by atoms with Crippen LogP contribution in [0.1, 0.15) is 5.56 Å². The maximum atomic E-state index is 11.3. The molecular formula is C11H10N4OS2. The van der Waals surface area contributed by atoms with Crippen molar-refractivity contribution in [2.45, 2.75) is 14.9 Å². The molecule has 0 spiro atoms. The molecule has 2 rings (SSSR count). The number of nitrogens with one attached hydrogen (secondary N) is 1. The molecule has 1 heterocycles. The Morgan fingerprint density at radius 2 is 2.17 bits per heavy atom. The van der Waals surface area contributed by atoms with Gasteiger partial charge in [-0.2, -0.15) is 5.26 Å². The van der Waals surface area contributed by atoms with Crippen molar-refractivity contribution in [2.24, 2.45) is 7.05 Å². The Kier molecular flexibility index (Phi) is 3.79. The predicted molar refractivity (Wildman–Crippen MR) is 70.9 cm³/mol. The minimum atomic E-state index is -0.267. The number of rotatable bonds is 3. The third-order valence-corrected chi connectivity index (χ3v) is 4.25. The summed E-state index contributed by atoms with van der Waals surface area (Å²) in [5.74, 6) is 0. The molecule has 0 aliphatic heterocycles. The highest BCUT2D eigenvalue weighted by molar-refractivity contribution is 7.99. The molecule has 1 aromatic heterocycles. The van der Waals surface area contributed by atoms with E-state index in [0.29, 0.717) is 10.7 Å². The summed E-state index contributed by atoms with van der Waals surface area (Å²) in [4.78, 5) is 13.0. The van der Waals surface area contributed by atoms with E-state index in [2.05, 4.69) is 16.3 Å². The van der Waals surface area contributed by atoms with Crippen molar-refractivity contribution in [3.05, 3.63) is 34.2 Å². The van der Waals surface area contributed by atoms with Crippen molar-refractivity contribution in [3.8, 4) is 6.07 Å². The fourth-order valence-corrected chi connectivity index (χ4v) is 2.95. The largest absolute Gasteiger partial charge is 0.343 e.